The SMILES string of the molecule is [N]c1cc[c]cc1F. The van der Waals surface area contributed by atoms with Crippen molar-refractivity contribution in [3.63, 3.8) is 0 Å². The Labute approximate surface area is 46.9 Å². The lowest BCUT2D eigenvalue weighted by atomic mass is 10.3. The quantitative estimate of drug-likeness (QED) is 0.478. The molecule has 8 heavy (non-hydrogen) atoms. The lowest BCUT2D eigenvalue weighted by molar-refractivity contribution is 0.628. The lowest BCUT2D eigenvalue weighted by Crippen LogP contribution is -1.74. The van der Waals surface area contributed by atoms with Crippen LogP contribution >= 0.6 is 0 Å². The van der Waals surface area contributed by atoms with Crippen LogP contribution in [0, 0.1) is 11.9 Å². The van der Waals surface area contributed by atoms with Gasteiger partial charge in [-0.1, -0.05) is 6.07 Å². The third kappa shape index (κ3) is 0.780. The average molecular weight is 108 g/mol. The van der Waals surface area contributed by atoms with Gasteiger partial charge >= 0.3 is 0 Å². The summed E-state index contributed by atoms with van der Waals surface area (Å²) in [5.74, 6) is -0.632. The molecule has 0 N–H and O–H groups in total. The maximum Gasteiger partial charge on any atom is 0.151 e. The molecular formula is C6H3FN. The summed E-state index contributed by atoms with van der Waals surface area (Å²) < 4.78 is 12.0. The molecule has 0 unspecified atom stereocenters. The molecule has 2 heteroatoms. The molecule has 0 spiro atoms. The molecule has 0 fully saturated rings. The number of benzene rings is 1. The van der Waals surface area contributed by atoms with E-state index >= 15 is 0 Å². The van der Waals surface area contributed by atoms with Gasteiger partial charge in [-0.2, -0.15) is 0 Å². The number of halogens is 1. The van der Waals surface area contributed by atoms with Crippen LogP contribution in [0.3, 0.4) is 0 Å². The van der Waals surface area contributed by atoms with Crippen LogP contribution in [0.15, 0.2) is 18.2 Å². The molecule has 1 aromatic carbocycles. The Balaban J connectivity index is 3.13. The first-order chi connectivity index (χ1) is 3.80. The second-order valence-electron chi connectivity index (χ2n) is 1.38. The van der Waals surface area contributed by atoms with Crippen molar-refractivity contribution >= 4 is 5.69 Å². The lowest BCUT2D eigenvalue weighted by Gasteiger charge is -1.85. The molecule has 39 valence electrons. The second-order valence-corrected chi connectivity index (χ2v) is 1.38. The topological polar surface area (TPSA) is 22.3 Å². The van der Waals surface area contributed by atoms with E-state index in [9.17, 15) is 4.39 Å². The predicted molar refractivity (Wildman–Crippen MR) is 27.0 cm³/mol. The summed E-state index contributed by atoms with van der Waals surface area (Å²) in [6.07, 6.45) is 0. The van der Waals surface area contributed by atoms with E-state index in [4.69, 9.17) is 5.73 Å². The maximum atomic E-state index is 12.0. The molecule has 0 saturated carbocycles. The van der Waals surface area contributed by atoms with Crippen LogP contribution in [0.25, 0.3) is 0 Å². The monoisotopic (exact) mass is 108 g/mol. The molecule has 0 saturated heterocycles. The van der Waals surface area contributed by atoms with Crippen LogP contribution in [0.4, 0.5) is 10.1 Å². The molecule has 1 aromatic rings. The first kappa shape index (κ1) is 5.09. The summed E-state index contributed by atoms with van der Waals surface area (Å²) in [4.78, 5) is 0. The Hall–Kier alpha value is -1.05. The fourth-order valence-corrected chi connectivity index (χ4v) is 0.402. The normalized spacial score (nSPS) is 9.12. The molecule has 0 aliphatic rings. The van der Waals surface area contributed by atoms with Gasteiger partial charge in [-0.05, 0) is 18.2 Å². The Kier molecular flexibility index (Phi) is 1.16. The third-order valence-corrected chi connectivity index (χ3v) is 0.792. The van der Waals surface area contributed by atoms with Gasteiger partial charge in [0.15, 0.2) is 5.82 Å². The molecule has 0 heterocycles. The molecular weight excluding hydrogens is 105 g/mol. The zero-order valence-corrected chi connectivity index (χ0v) is 4.06. The molecule has 0 amide bonds. The van der Waals surface area contributed by atoms with Gasteiger partial charge in [-0.3, -0.25) is 0 Å². The van der Waals surface area contributed by atoms with Gasteiger partial charge in [0.25, 0.3) is 0 Å². The fourth-order valence-electron chi connectivity index (χ4n) is 0.402. The van der Waals surface area contributed by atoms with E-state index in [0.29, 0.717) is 0 Å². The minimum atomic E-state index is -0.632. The first-order valence-corrected chi connectivity index (χ1v) is 2.15. The van der Waals surface area contributed by atoms with E-state index in [1.165, 1.54) is 12.1 Å². The molecule has 1 rings (SSSR count). The summed E-state index contributed by atoms with van der Waals surface area (Å²) >= 11 is 0. The summed E-state index contributed by atoms with van der Waals surface area (Å²) in [7, 11) is 0. The number of hydrogen-bond donors (Lipinski definition) is 0. The number of nitrogens with zero attached hydrogens (tertiary/aromatic N) is 1. The molecule has 3 radical (unpaired) electrons. The average Bonchev–Trinajstić information content (AvgIpc) is 1.77. The molecule has 0 atom stereocenters. The van der Waals surface area contributed by atoms with Crippen LogP contribution in [-0.4, -0.2) is 0 Å². The van der Waals surface area contributed by atoms with Gasteiger partial charge in [-0.25, -0.2) is 4.39 Å². The molecule has 0 aliphatic heterocycles. The van der Waals surface area contributed by atoms with Gasteiger partial charge in [-0.15, -0.1) is 5.73 Å². The summed E-state index contributed by atoms with van der Waals surface area (Å²) in [6.45, 7) is 0. The van der Waals surface area contributed by atoms with Crippen LogP contribution in [0.2, 0.25) is 0 Å². The van der Waals surface area contributed by atoms with Gasteiger partial charge in [0.05, 0.1) is 0 Å². The summed E-state index contributed by atoms with van der Waals surface area (Å²) in [5.41, 5.74) is 8.19. The van der Waals surface area contributed by atoms with Gasteiger partial charge in [0.1, 0.15) is 5.69 Å². The van der Waals surface area contributed by atoms with E-state index in [0.717, 1.165) is 6.07 Å². The zero-order valence-electron chi connectivity index (χ0n) is 4.06. The van der Waals surface area contributed by atoms with Gasteiger partial charge < -0.3 is 0 Å². The highest BCUT2D eigenvalue weighted by atomic mass is 19.1. The third-order valence-electron chi connectivity index (χ3n) is 0.792. The van der Waals surface area contributed by atoms with Crippen molar-refractivity contribution in [2.24, 2.45) is 0 Å². The highest BCUT2D eigenvalue weighted by Crippen LogP contribution is 2.07. The van der Waals surface area contributed by atoms with E-state index < -0.39 is 5.82 Å². The van der Waals surface area contributed by atoms with Crippen LogP contribution in [-0.2, 0) is 0 Å². The molecule has 1 nitrogen and oxygen atoms in total. The van der Waals surface area contributed by atoms with Gasteiger partial charge in [0.2, 0.25) is 0 Å². The Bertz CT molecular complexity index is 165. The van der Waals surface area contributed by atoms with Crippen molar-refractivity contribution in [3.05, 3.63) is 30.1 Å². The zero-order chi connectivity index (χ0) is 5.98. The van der Waals surface area contributed by atoms with Gasteiger partial charge in [0, 0.05) is 0 Å². The van der Waals surface area contributed by atoms with Crippen molar-refractivity contribution in [2.75, 3.05) is 0 Å². The van der Waals surface area contributed by atoms with Crippen molar-refractivity contribution in [2.45, 2.75) is 0 Å². The molecule has 0 aliphatic carbocycles. The van der Waals surface area contributed by atoms with Crippen LogP contribution in [0.5, 0.6) is 0 Å². The summed E-state index contributed by atoms with van der Waals surface area (Å²) in [6, 6.07) is 6.23. The molecule has 0 bridgehead atoms. The van der Waals surface area contributed by atoms with Crippen LogP contribution in [0.1, 0.15) is 0 Å². The first-order valence-electron chi connectivity index (χ1n) is 2.15. The Morgan fingerprint density at radius 3 is 2.75 bits per heavy atom. The Morgan fingerprint density at radius 2 is 2.38 bits per heavy atom. The van der Waals surface area contributed by atoms with Crippen molar-refractivity contribution in [1.29, 1.82) is 0 Å². The minimum Gasteiger partial charge on any atom is -0.205 e. The number of hydrogen-bond acceptors (Lipinski definition) is 0. The van der Waals surface area contributed by atoms with Crippen molar-refractivity contribution < 1.29 is 4.39 Å². The van der Waals surface area contributed by atoms with E-state index in [1.807, 2.05) is 0 Å². The van der Waals surface area contributed by atoms with Crippen molar-refractivity contribution in [1.82, 2.24) is 5.73 Å². The number of rotatable bonds is 0. The second kappa shape index (κ2) is 1.82. The van der Waals surface area contributed by atoms with E-state index in [1.54, 1.807) is 0 Å². The standard InChI is InChI=1S/C6H3FN/c7-5-3-1-2-4-6(5)8/h2-4H. The van der Waals surface area contributed by atoms with E-state index in [2.05, 4.69) is 6.07 Å². The summed E-state index contributed by atoms with van der Waals surface area (Å²) in [5, 5.41) is 0. The smallest absolute Gasteiger partial charge is 0.151 e. The molecule has 0 aromatic heterocycles. The highest BCUT2D eigenvalue weighted by molar-refractivity contribution is 5.33. The largest absolute Gasteiger partial charge is 0.205 e. The predicted octanol–water partition coefficient (Wildman–Crippen LogP) is 1.33. The Morgan fingerprint density at radius 1 is 1.62 bits per heavy atom. The minimum absolute atomic E-state index is 0.330. The van der Waals surface area contributed by atoms with Crippen molar-refractivity contribution in [3.8, 4) is 0 Å². The maximum absolute atomic E-state index is 12.0. The fraction of sp³-hybridized carbons (Fsp3) is 0. The van der Waals surface area contributed by atoms with E-state index in [-0.39, 0.29) is 5.69 Å². The van der Waals surface area contributed by atoms with Crippen LogP contribution < -0.4 is 5.73 Å². The highest BCUT2D eigenvalue weighted by Gasteiger charge is 1.92.